The van der Waals surface area contributed by atoms with Gasteiger partial charge in [-0.1, -0.05) is 19.9 Å². The van der Waals surface area contributed by atoms with Crippen LogP contribution >= 0.6 is 0 Å². The van der Waals surface area contributed by atoms with Crippen LogP contribution < -0.4 is 4.74 Å². The molecule has 0 saturated heterocycles. The van der Waals surface area contributed by atoms with E-state index >= 15 is 0 Å². The van der Waals surface area contributed by atoms with Crippen LogP contribution in [-0.2, 0) is 4.74 Å². The molecule has 0 saturated carbocycles. The Morgan fingerprint density at radius 3 is 2.76 bits per heavy atom. The van der Waals surface area contributed by atoms with Gasteiger partial charge in [0.25, 0.3) is 0 Å². The third-order valence-electron chi connectivity index (χ3n) is 3.03. The molecule has 0 amide bonds. The van der Waals surface area contributed by atoms with Gasteiger partial charge in [-0.2, -0.15) is 0 Å². The van der Waals surface area contributed by atoms with E-state index in [1.807, 2.05) is 25.1 Å². The van der Waals surface area contributed by atoms with Crippen LogP contribution in [0, 0.1) is 12.8 Å². The van der Waals surface area contributed by atoms with E-state index in [9.17, 15) is 0 Å². The molecule has 3 heteroatoms. The molecule has 0 radical (unpaired) electrons. The summed E-state index contributed by atoms with van der Waals surface area (Å²) in [5, 5.41) is 0. The van der Waals surface area contributed by atoms with E-state index in [4.69, 9.17) is 9.47 Å². The summed E-state index contributed by atoms with van der Waals surface area (Å²) in [6, 6.07) is 6.32. The minimum absolute atomic E-state index is 0.260. The van der Waals surface area contributed by atoms with Gasteiger partial charge in [-0.15, -0.1) is 0 Å². The molecule has 1 atom stereocenters. The third kappa shape index (κ3) is 2.43. The van der Waals surface area contributed by atoms with Crippen molar-refractivity contribution in [2.75, 3.05) is 13.7 Å². The van der Waals surface area contributed by atoms with E-state index in [1.54, 1.807) is 7.11 Å². The average Bonchev–Trinajstić information content (AvgIpc) is 2.78. The van der Waals surface area contributed by atoms with Gasteiger partial charge >= 0.3 is 0 Å². The Bertz CT molecular complexity index is 438. The van der Waals surface area contributed by atoms with Crippen LogP contribution in [0.5, 0.6) is 5.75 Å². The molecule has 1 aliphatic heterocycles. The van der Waals surface area contributed by atoms with Gasteiger partial charge in [0.2, 0.25) is 5.90 Å². The van der Waals surface area contributed by atoms with Crippen molar-refractivity contribution in [2.24, 2.45) is 10.9 Å². The molecule has 1 aliphatic rings. The van der Waals surface area contributed by atoms with Crippen LogP contribution in [-0.4, -0.2) is 25.7 Å². The smallest absolute Gasteiger partial charge is 0.220 e. The van der Waals surface area contributed by atoms with Crippen molar-refractivity contribution in [1.29, 1.82) is 0 Å². The fourth-order valence-electron chi connectivity index (χ4n) is 1.85. The number of ether oxygens (including phenoxy) is 2. The zero-order valence-electron chi connectivity index (χ0n) is 10.9. The predicted molar refractivity (Wildman–Crippen MR) is 68.8 cm³/mol. The Kier molecular flexibility index (Phi) is 3.36. The summed E-state index contributed by atoms with van der Waals surface area (Å²) >= 11 is 0. The third-order valence-corrected chi connectivity index (χ3v) is 3.03. The van der Waals surface area contributed by atoms with Crippen LogP contribution in [0.1, 0.15) is 25.0 Å². The highest BCUT2D eigenvalue weighted by molar-refractivity contribution is 5.97. The molecule has 17 heavy (non-hydrogen) atoms. The fourth-order valence-corrected chi connectivity index (χ4v) is 1.85. The van der Waals surface area contributed by atoms with Crippen molar-refractivity contribution in [2.45, 2.75) is 26.8 Å². The quantitative estimate of drug-likeness (QED) is 0.803. The largest absolute Gasteiger partial charge is 0.496 e. The first-order valence-electron chi connectivity index (χ1n) is 5.97. The lowest BCUT2D eigenvalue weighted by molar-refractivity contribution is 0.291. The molecule has 0 N–H and O–H groups in total. The summed E-state index contributed by atoms with van der Waals surface area (Å²) in [5.74, 6) is 2.04. The van der Waals surface area contributed by atoms with Crippen molar-refractivity contribution in [3.8, 4) is 5.75 Å². The highest BCUT2D eigenvalue weighted by Crippen LogP contribution is 2.25. The highest BCUT2D eigenvalue weighted by atomic mass is 16.5. The van der Waals surface area contributed by atoms with Gasteiger partial charge in [-0.3, -0.25) is 0 Å². The van der Waals surface area contributed by atoms with Gasteiger partial charge in [0, 0.05) is 0 Å². The Morgan fingerprint density at radius 2 is 2.18 bits per heavy atom. The van der Waals surface area contributed by atoms with Gasteiger partial charge in [-0.25, -0.2) is 4.99 Å². The van der Waals surface area contributed by atoms with E-state index in [0.717, 1.165) is 11.3 Å². The SMILES string of the molecule is COc1cc(C)ccc1C1=N[C@@H](C(C)C)CO1. The van der Waals surface area contributed by atoms with Crippen molar-refractivity contribution in [1.82, 2.24) is 0 Å². The molecule has 92 valence electrons. The summed E-state index contributed by atoms with van der Waals surface area (Å²) in [4.78, 5) is 4.61. The summed E-state index contributed by atoms with van der Waals surface area (Å²) in [6.45, 7) is 7.03. The number of aliphatic imine (C=N–C) groups is 1. The Labute approximate surface area is 102 Å². The van der Waals surface area contributed by atoms with Gasteiger partial charge in [-0.05, 0) is 30.5 Å². The maximum atomic E-state index is 5.67. The van der Waals surface area contributed by atoms with Crippen molar-refractivity contribution < 1.29 is 9.47 Å². The zero-order valence-corrected chi connectivity index (χ0v) is 10.9. The molecule has 1 aromatic carbocycles. The van der Waals surface area contributed by atoms with E-state index in [0.29, 0.717) is 18.4 Å². The van der Waals surface area contributed by atoms with Crippen LogP contribution in [0.15, 0.2) is 23.2 Å². The van der Waals surface area contributed by atoms with Crippen molar-refractivity contribution in [3.05, 3.63) is 29.3 Å². The summed E-state index contributed by atoms with van der Waals surface area (Å²) in [7, 11) is 1.67. The minimum atomic E-state index is 0.260. The van der Waals surface area contributed by atoms with E-state index < -0.39 is 0 Å². The topological polar surface area (TPSA) is 30.8 Å². The number of nitrogens with zero attached hydrogens (tertiary/aromatic N) is 1. The second-order valence-electron chi connectivity index (χ2n) is 4.76. The first kappa shape index (κ1) is 12.0. The molecule has 0 unspecified atom stereocenters. The first-order valence-corrected chi connectivity index (χ1v) is 5.97. The monoisotopic (exact) mass is 233 g/mol. The standard InChI is InChI=1S/C14H19NO2/c1-9(2)12-8-17-14(15-12)11-6-5-10(3)7-13(11)16-4/h5-7,9,12H,8H2,1-4H3/t12-/m1/s1. The number of hydrogen-bond donors (Lipinski definition) is 0. The molecule has 0 aromatic heterocycles. The number of hydrogen-bond acceptors (Lipinski definition) is 3. The average molecular weight is 233 g/mol. The molecule has 0 bridgehead atoms. The maximum Gasteiger partial charge on any atom is 0.220 e. The van der Waals surface area contributed by atoms with E-state index in [1.165, 1.54) is 5.56 Å². The molecule has 2 rings (SSSR count). The molecular weight excluding hydrogens is 214 g/mol. The van der Waals surface area contributed by atoms with Gasteiger partial charge < -0.3 is 9.47 Å². The number of aryl methyl sites for hydroxylation is 1. The van der Waals surface area contributed by atoms with Crippen LogP contribution in [0.2, 0.25) is 0 Å². The van der Waals surface area contributed by atoms with Crippen molar-refractivity contribution in [3.63, 3.8) is 0 Å². The molecule has 1 aromatic rings. The number of rotatable bonds is 3. The van der Waals surface area contributed by atoms with E-state index in [2.05, 4.69) is 18.8 Å². The van der Waals surface area contributed by atoms with Crippen LogP contribution in [0.3, 0.4) is 0 Å². The van der Waals surface area contributed by atoms with Crippen LogP contribution in [0.25, 0.3) is 0 Å². The summed E-state index contributed by atoms with van der Waals surface area (Å²) < 4.78 is 11.0. The van der Waals surface area contributed by atoms with Crippen LogP contribution in [0.4, 0.5) is 0 Å². The molecule has 1 heterocycles. The Hall–Kier alpha value is -1.51. The second-order valence-corrected chi connectivity index (χ2v) is 4.76. The Balaban J connectivity index is 2.32. The molecule has 0 spiro atoms. The molecule has 0 fully saturated rings. The molecule has 3 nitrogen and oxygen atoms in total. The van der Waals surface area contributed by atoms with Gasteiger partial charge in [0.1, 0.15) is 12.4 Å². The number of benzene rings is 1. The lowest BCUT2D eigenvalue weighted by atomic mass is 10.1. The minimum Gasteiger partial charge on any atom is -0.496 e. The molecule has 0 aliphatic carbocycles. The lowest BCUT2D eigenvalue weighted by Crippen LogP contribution is -2.13. The van der Waals surface area contributed by atoms with Gasteiger partial charge in [0.05, 0.1) is 18.7 Å². The second kappa shape index (κ2) is 4.78. The zero-order chi connectivity index (χ0) is 12.4. The number of methoxy groups -OCH3 is 1. The summed E-state index contributed by atoms with van der Waals surface area (Å²) in [5.41, 5.74) is 2.12. The normalized spacial score (nSPS) is 19.1. The maximum absolute atomic E-state index is 5.67. The van der Waals surface area contributed by atoms with Crippen molar-refractivity contribution >= 4 is 5.90 Å². The van der Waals surface area contributed by atoms with E-state index in [-0.39, 0.29) is 6.04 Å². The summed E-state index contributed by atoms with van der Waals surface area (Å²) in [6.07, 6.45) is 0. The predicted octanol–water partition coefficient (Wildman–Crippen LogP) is 2.81. The lowest BCUT2D eigenvalue weighted by Gasteiger charge is -2.08. The highest BCUT2D eigenvalue weighted by Gasteiger charge is 2.24. The Morgan fingerprint density at radius 1 is 1.41 bits per heavy atom. The fraction of sp³-hybridized carbons (Fsp3) is 0.500. The van der Waals surface area contributed by atoms with Gasteiger partial charge in [0.15, 0.2) is 0 Å². The molecular formula is C14H19NO2. The first-order chi connectivity index (χ1) is 8.11.